The van der Waals surface area contributed by atoms with Crippen LogP contribution >= 0.6 is 0 Å². The zero-order chi connectivity index (χ0) is 19.4. The number of nitro benzene ring substituents is 1. The van der Waals surface area contributed by atoms with Gasteiger partial charge in [-0.1, -0.05) is 30.3 Å². The Labute approximate surface area is 156 Å². The molecule has 1 N–H and O–H groups in total. The molecule has 0 aliphatic heterocycles. The molecular formula is C21H18N2O4. The van der Waals surface area contributed by atoms with Gasteiger partial charge in [-0.25, -0.2) is 0 Å². The summed E-state index contributed by atoms with van der Waals surface area (Å²) in [6.07, 6.45) is 3.00. The van der Waals surface area contributed by atoms with Crippen molar-refractivity contribution in [3.05, 3.63) is 81.9 Å². The zero-order valence-electron chi connectivity index (χ0n) is 14.9. The number of fused-ring (bicyclic) bond motifs is 1. The van der Waals surface area contributed by atoms with Crippen molar-refractivity contribution in [1.82, 2.24) is 0 Å². The van der Waals surface area contributed by atoms with Crippen LogP contribution in [0.25, 0.3) is 16.8 Å². The summed E-state index contributed by atoms with van der Waals surface area (Å²) in [5.41, 5.74) is 1.52. The van der Waals surface area contributed by atoms with Gasteiger partial charge in [-0.2, -0.15) is 0 Å². The summed E-state index contributed by atoms with van der Waals surface area (Å²) < 4.78 is 5.20. The van der Waals surface area contributed by atoms with Gasteiger partial charge in [-0.05, 0) is 46.7 Å². The minimum atomic E-state index is -0.456. The van der Waals surface area contributed by atoms with E-state index in [4.69, 9.17) is 4.74 Å². The summed E-state index contributed by atoms with van der Waals surface area (Å²) in [6, 6.07) is 15.8. The lowest BCUT2D eigenvalue weighted by molar-refractivity contribution is -0.383. The van der Waals surface area contributed by atoms with Crippen LogP contribution in [0.2, 0.25) is 0 Å². The molecule has 0 saturated heterocycles. The van der Waals surface area contributed by atoms with Crippen molar-refractivity contribution in [3.63, 3.8) is 0 Å². The van der Waals surface area contributed by atoms with Crippen LogP contribution in [0.3, 0.4) is 0 Å². The summed E-state index contributed by atoms with van der Waals surface area (Å²) in [4.78, 5) is 23.1. The van der Waals surface area contributed by atoms with E-state index in [2.05, 4.69) is 5.32 Å². The van der Waals surface area contributed by atoms with Gasteiger partial charge in [0.15, 0.2) is 5.78 Å². The lowest BCUT2D eigenvalue weighted by atomic mass is 10.0. The monoisotopic (exact) mass is 362 g/mol. The molecule has 0 aliphatic carbocycles. The summed E-state index contributed by atoms with van der Waals surface area (Å²) >= 11 is 0. The Bertz CT molecular complexity index is 1060. The maximum absolute atomic E-state index is 12.5. The van der Waals surface area contributed by atoms with E-state index in [0.29, 0.717) is 16.8 Å². The van der Waals surface area contributed by atoms with Gasteiger partial charge in [0.1, 0.15) is 11.4 Å². The first kappa shape index (κ1) is 18.1. The van der Waals surface area contributed by atoms with Gasteiger partial charge in [-0.3, -0.25) is 14.9 Å². The van der Waals surface area contributed by atoms with E-state index in [1.807, 2.05) is 30.3 Å². The smallest absolute Gasteiger partial charge is 0.292 e. The molecule has 3 aromatic carbocycles. The van der Waals surface area contributed by atoms with Crippen LogP contribution in [-0.4, -0.2) is 24.9 Å². The average molecular weight is 362 g/mol. The Morgan fingerprint density at radius 2 is 1.81 bits per heavy atom. The Kier molecular flexibility index (Phi) is 5.17. The molecule has 0 heterocycles. The lowest BCUT2D eigenvalue weighted by Gasteiger charge is -2.04. The highest BCUT2D eigenvalue weighted by Gasteiger charge is 2.12. The molecule has 3 aromatic rings. The molecular weight excluding hydrogens is 344 g/mol. The first-order valence-corrected chi connectivity index (χ1v) is 8.28. The molecule has 0 spiro atoms. The van der Waals surface area contributed by atoms with E-state index in [0.717, 1.165) is 16.5 Å². The van der Waals surface area contributed by atoms with Crippen molar-refractivity contribution in [1.29, 1.82) is 0 Å². The number of hydrogen-bond acceptors (Lipinski definition) is 5. The fraction of sp³-hybridized carbons (Fsp3) is 0.0952. The third-order valence-corrected chi connectivity index (χ3v) is 4.25. The van der Waals surface area contributed by atoms with Crippen molar-refractivity contribution in [3.8, 4) is 5.75 Å². The Hall–Kier alpha value is -3.67. The number of methoxy groups -OCH3 is 1. The Morgan fingerprint density at radius 3 is 2.52 bits per heavy atom. The van der Waals surface area contributed by atoms with Crippen LogP contribution in [0.5, 0.6) is 5.75 Å². The van der Waals surface area contributed by atoms with Gasteiger partial charge >= 0.3 is 0 Å². The number of ether oxygens (including phenoxy) is 1. The molecule has 0 saturated carbocycles. The normalized spacial score (nSPS) is 10.9. The number of ketones is 1. The third-order valence-electron chi connectivity index (χ3n) is 4.25. The fourth-order valence-electron chi connectivity index (χ4n) is 2.79. The molecule has 0 unspecified atom stereocenters. The summed E-state index contributed by atoms with van der Waals surface area (Å²) in [7, 11) is 3.23. The number of benzene rings is 3. The molecule has 0 amide bonds. The molecule has 0 fully saturated rings. The summed E-state index contributed by atoms with van der Waals surface area (Å²) in [5.74, 6) is 0.584. The SMILES string of the molecule is CNc1ccc(/C=C/C(=O)c2ccc3cc(OC)ccc3c2)cc1[N+](=O)[O-]. The number of allylic oxidation sites excluding steroid dienone is 1. The number of rotatable bonds is 6. The lowest BCUT2D eigenvalue weighted by Crippen LogP contribution is -1.97. The number of nitrogens with one attached hydrogen (secondary N) is 1. The third kappa shape index (κ3) is 3.95. The highest BCUT2D eigenvalue weighted by Crippen LogP contribution is 2.26. The van der Waals surface area contributed by atoms with Crippen molar-refractivity contribution in [2.45, 2.75) is 0 Å². The van der Waals surface area contributed by atoms with Crippen LogP contribution in [0.4, 0.5) is 11.4 Å². The van der Waals surface area contributed by atoms with E-state index in [1.165, 1.54) is 12.1 Å². The van der Waals surface area contributed by atoms with Crippen molar-refractivity contribution < 1.29 is 14.5 Å². The maximum Gasteiger partial charge on any atom is 0.292 e. The fourth-order valence-corrected chi connectivity index (χ4v) is 2.79. The first-order chi connectivity index (χ1) is 13.0. The second kappa shape index (κ2) is 7.70. The standard InChI is InChI=1S/C21H18N2O4/c1-22-19-9-3-14(11-20(19)23(25)26)4-10-21(24)17-6-5-16-13-18(27-2)8-7-15(16)12-17/h3-13,22H,1-2H3/b10-4+. The maximum atomic E-state index is 12.5. The molecule has 0 bridgehead atoms. The van der Waals surface area contributed by atoms with Gasteiger partial charge in [0.25, 0.3) is 5.69 Å². The van der Waals surface area contributed by atoms with Gasteiger partial charge in [0.05, 0.1) is 12.0 Å². The second-order valence-electron chi connectivity index (χ2n) is 5.91. The molecule has 0 atom stereocenters. The number of nitrogens with zero attached hydrogens (tertiary/aromatic N) is 1. The Morgan fingerprint density at radius 1 is 1.07 bits per heavy atom. The van der Waals surface area contributed by atoms with Crippen molar-refractivity contribution in [2.75, 3.05) is 19.5 Å². The van der Waals surface area contributed by atoms with Gasteiger partial charge < -0.3 is 10.1 Å². The van der Waals surface area contributed by atoms with Crippen LogP contribution in [-0.2, 0) is 0 Å². The number of carbonyl (C=O) groups is 1. The highest BCUT2D eigenvalue weighted by atomic mass is 16.6. The van der Waals surface area contributed by atoms with Crippen LogP contribution in [0.1, 0.15) is 15.9 Å². The number of carbonyl (C=O) groups excluding carboxylic acids is 1. The second-order valence-corrected chi connectivity index (χ2v) is 5.91. The predicted molar refractivity (Wildman–Crippen MR) is 107 cm³/mol. The van der Waals surface area contributed by atoms with Crippen molar-refractivity contribution in [2.24, 2.45) is 0 Å². The molecule has 0 aromatic heterocycles. The predicted octanol–water partition coefficient (Wildman–Crippen LogP) is 4.69. The average Bonchev–Trinajstić information content (AvgIpc) is 2.70. The van der Waals surface area contributed by atoms with E-state index in [1.54, 1.807) is 38.4 Å². The summed E-state index contributed by atoms with van der Waals surface area (Å²) in [6.45, 7) is 0. The van der Waals surface area contributed by atoms with Crippen molar-refractivity contribution >= 4 is 34.0 Å². The number of anilines is 1. The van der Waals surface area contributed by atoms with Crippen LogP contribution in [0, 0.1) is 10.1 Å². The van der Waals surface area contributed by atoms with E-state index in [-0.39, 0.29) is 11.5 Å². The topological polar surface area (TPSA) is 81.5 Å². The largest absolute Gasteiger partial charge is 0.497 e. The molecule has 6 nitrogen and oxygen atoms in total. The highest BCUT2D eigenvalue weighted by molar-refractivity contribution is 6.08. The van der Waals surface area contributed by atoms with E-state index < -0.39 is 4.92 Å². The Balaban J connectivity index is 1.85. The van der Waals surface area contributed by atoms with Gasteiger partial charge in [0, 0.05) is 18.7 Å². The quantitative estimate of drug-likeness (QED) is 0.298. The molecule has 136 valence electrons. The van der Waals surface area contributed by atoms with Gasteiger partial charge in [0.2, 0.25) is 0 Å². The molecule has 27 heavy (non-hydrogen) atoms. The molecule has 0 radical (unpaired) electrons. The first-order valence-electron chi connectivity index (χ1n) is 8.28. The minimum Gasteiger partial charge on any atom is -0.497 e. The van der Waals surface area contributed by atoms with Crippen LogP contribution < -0.4 is 10.1 Å². The molecule has 3 rings (SSSR count). The summed E-state index contributed by atoms with van der Waals surface area (Å²) in [5, 5.41) is 15.8. The minimum absolute atomic E-state index is 0.0354. The zero-order valence-corrected chi connectivity index (χ0v) is 14.9. The van der Waals surface area contributed by atoms with Gasteiger partial charge in [-0.15, -0.1) is 0 Å². The van der Waals surface area contributed by atoms with E-state index in [9.17, 15) is 14.9 Å². The van der Waals surface area contributed by atoms with Crippen LogP contribution in [0.15, 0.2) is 60.7 Å². The molecule has 0 aliphatic rings. The molecule has 6 heteroatoms. The van der Waals surface area contributed by atoms with E-state index >= 15 is 0 Å². The number of nitro groups is 1. The number of hydrogen-bond donors (Lipinski definition) is 1.